The van der Waals surface area contributed by atoms with Crippen LogP contribution in [0.15, 0.2) is 12.1 Å². The number of ether oxygens (including phenoxy) is 1. The van der Waals surface area contributed by atoms with Gasteiger partial charge in [0.2, 0.25) is 0 Å². The largest absolute Gasteiger partial charge is 0.381 e. The number of piperidine rings is 1. The Labute approximate surface area is 112 Å². The molecule has 0 atom stereocenters. The van der Waals surface area contributed by atoms with Crippen LogP contribution in [-0.2, 0) is 4.74 Å². The van der Waals surface area contributed by atoms with E-state index in [1.54, 1.807) is 19.2 Å². The SMILES string of the molecule is COC1CCN(C(=O)c2cc(C)nc(NN)c2)CC1. The normalized spacial score (nSPS) is 16.5. The first-order valence-electron chi connectivity index (χ1n) is 6.41. The predicted octanol–water partition coefficient (Wildman–Crippen LogP) is 0.927. The van der Waals surface area contributed by atoms with Crippen LogP contribution in [-0.4, -0.2) is 42.1 Å². The molecule has 1 aromatic heterocycles. The molecule has 0 spiro atoms. The Kier molecular flexibility index (Phi) is 4.34. The summed E-state index contributed by atoms with van der Waals surface area (Å²) in [5, 5.41) is 0. The Morgan fingerprint density at radius 2 is 2.16 bits per heavy atom. The van der Waals surface area contributed by atoms with Crippen molar-refractivity contribution in [3.8, 4) is 0 Å². The minimum absolute atomic E-state index is 0.0246. The first kappa shape index (κ1) is 13.8. The number of rotatable bonds is 3. The summed E-state index contributed by atoms with van der Waals surface area (Å²) >= 11 is 0. The molecule has 1 aliphatic rings. The van der Waals surface area contributed by atoms with Gasteiger partial charge in [-0.1, -0.05) is 0 Å². The molecule has 1 aromatic rings. The first-order chi connectivity index (χ1) is 9.13. The van der Waals surface area contributed by atoms with E-state index in [0.29, 0.717) is 11.4 Å². The van der Waals surface area contributed by atoms with Gasteiger partial charge in [-0.25, -0.2) is 10.8 Å². The molecule has 1 saturated heterocycles. The predicted molar refractivity (Wildman–Crippen MR) is 72.7 cm³/mol. The summed E-state index contributed by atoms with van der Waals surface area (Å²) in [6.45, 7) is 3.29. The van der Waals surface area contributed by atoms with E-state index in [4.69, 9.17) is 10.6 Å². The number of carbonyl (C=O) groups is 1. The summed E-state index contributed by atoms with van der Waals surface area (Å²) in [6.07, 6.45) is 2.03. The molecule has 104 valence electrons. The van der Waals surface area contributed by atoms with Crippen molar-refractivity contribution in [3.63, 3.8) is 0 Å². The minimum Gasteiger partial charge on any atom is -0.381 e. The minimum atomic E-state index is 0.0246. The average Bonchev–Trinajstić information content (AvgIpc) is 2.46. The van der Waals surface area contributed by atoms with Gasteiger partial charge in [0.15, 0.2) is 0 Å². The fourth-order valence-electron chi connectivity index (χ4n) is 2.34. The van der Waals surface area contributed by atoms with E-state index < -0.39 is 0 Å². The molecule has 3 N–H and O–H groups in total. The molecule has 1 aliphatic heterocycles. The van der Waals surface area contributed by atoms with E-state index in [-0.39, 0.29) is 12.0 Å². The number of hydrogen-bond donors (Lipinski definition) is 2. The van der Waals surface area contributed by atoms with Crippen molar-refractivity contribution in [2.45, 2.75) is 25.9 Å². The number of aromatic nitrogens is 1. The molecular formula is C13H20N4O2. The van der Waals surface area contributed by atoms with E-state index in [9.17, 15) is 4.79 Å². The highest BCUT2D eigenvalue weighted by atomic mass is 16.5. The molecule has 19 heavy (non-hydrogen) atoms. The lowest BCUT2D eigenvalue weighted by molar-refractivity contribution is 0.0350. The van der Waals surface area contributed by atoms with Crippen LogP contribution in [0.3, 0.4) is 0 Å². The summed E-state index contributed by atoms with van der Waals surface area (Å²) in [5.74, 6) is 5.88. The number of nitrogens with one attached hydrogen (secondary N) is 1. The van der Waals surface area contributed by atoms with Gasteiger partial charge in [0.25, 0.3) is 5.91 Å². The van der Waals surface area contributed by atoms with Crippen molar-refractivity contribution in [1.82, 2.24) is 9.88 Å². The van der Waals surface area contributed by atoms with Gasteiger partial charge in [-0.2, -0.15) is 0 Å². The second-order valence-electron chi connectivity index (χ2n) is 4.75. The summed E-state index contributed by atoms with van der Waals surface area (Å²) in [4.78, 5) is 18.4. The van der Waals surface area contributed by atoms with Gasteiger partial charge < -0.3 is 15.1 Å². The second kappa shape index (κ2) is 5.99. The summed E-state index contributed by atoms with van der Waals surface area (Å²) in [7, 11) is 1.72. The van der Waals surface area contributed by atoms with Crippen LogP contribution in [0.4, 0.5) is 5.82 Å². The van der Waals surface area contributed by atoms with E-state index in [2.05, 4.69) is 10.4 Å². The third kappa shape index (κ3) is 3.21. The quantitative estimate of drug-likeness (QED) is 0.627. The van der Waals surface area contributed by atoms with Crippen molar-refractivity contribution in [3.05, 3.63) is 23.4 Å². The zero-order chi connectivity index (χ0) is 13.8. The molecule has 1 amide bonds. The topological polar surface area (TPSA) is 80.5 Å². The zero-order valence-electron chi connectivity index (χ0n) is 11.3. The lowest BCUT2D eigenvalue weighted by Crippen LogP contribution is -2.40. The number of hydrazine groups is 1. The lowest BCUT2D eigenvalue weighted by atomic mass is 10.1. The second-order valence-corrected chi connectivity index (χ2v) is 4.75. The number of amides is 1. The third-order valence-electron chi connectivity index (χ3n) is 3.41. The van der Waals surface area contributed by atoms with Crippen LogP contribution in [0.1, 0.15) is 28.9 Å². The van der Waals surface area contributed by atoms with Crippen molar-refractivity contribution in [1.29, 1.82) is 0 Å². The Bertz CT molecular complexity index is 456. The van der Waals surface area contributed by atoms with Crippen molar-refractivity contribution < 1.29 is 9.53 Å². The molecule has 0 bridgehead atoms. The number of carbonyl (C=O) groups excluding carboxylic acids is 1. The number of hydrogen-bond acceptors (Lipinski definition) is 5. The Morgan fingerprint density at radius 3 is 2.74 bits per heavy atom. The Morgan fingerprint density at radius 1 is 1.47 bits per heavy atom. The number of methoxy groups -OCH3 is 1. The highest BCUT2D eigenvalue weighted by Gasteiger charge is 2.23. The Hall–Kier alpha value is -1.66. The van der Waals surface area contributed by atoms with Gasteiger partial charge >= 0.3 is 0 Å². The van der Waals surface area contributed by atoms with Crippen LogP contribution in [0, 0.1) is 6.92 Å². The number of aryl methyl sites for hydroxylation is 1. The summed E-state index contributed by atoms with van der Waals surface area (Å²) in [6, 6.07) is 3.46. The molecule has 0 unspecified atom stereocenters. The molecule has 6 heteroatoms. The summed E-state index contributed by atoms with van der Waals surface area (Å²) < 4.78 is 5.31. The van der Waals surface area contributed by atoms with E-state index in [1.807, 2.05) is 11.8 Å². The molecule has 1 fully saturated rings. The van der Waals surface area contributed by atoms with Crippen molar-refractivity contribution >= 4 is 11.7 Å². The summed E-state index contributed by atoms with van der Waals surface area (Å²) in [5.41, 5.74) is 3.87. The maximum absolute atomic E-state index is 12.4. The van der Waals surface area contributed by atoms with Crippen LogP contribution in [0.5, 0.6) is 0 Å². The van der Waals surface area contributed by atoms with Gasteiger partial charge in [0, 0.05) is 31.5 Å². The molecular weight excluding hydrogens is 244 g/mol. The van der Waals surface area contributed by atoms with E-state index >= 15 is 0 Å². The molecule has 0 aromatic carbocycles. The van der Waals surface area contributed by atoms with Crippen LogP contribution in [0.25, 0.3) is 0 Å². The Balaban J connectivity index is 2.09. The van der Waals surface area contributed by atoms with Crippen molar-refractivity contribution in [2.75, 3.05) is 25.6 Å². The molecule has 0 saturated carbocycles. The van der Waals surface area contributed by atoms with Crippen LogP contribution >= 0.6 is 0 Å². The van der Waals surface area contributed by atoms with Crippen LogP contribution in [0.2, 0.25) is 0 Å². The van der Waals surface area contributed by atoms with Gasteiger partial charge in [0.1, 0.15) is 5.82 Å². The maximum Gasteiger partial charge on any atom is 0.254 e. The number of likely N-dealkylation sites (tertiary alicyclic amines) is 1. The fraction of sp³-hybridized carbons (Fsp3) is 0.538. The highest BCUT2D eigenvalue weighted by molar-refractivity contribution is 5.95. The molecule has 0 aliphatic carbocycles. The zero-order valence-corrected chi connectivity index (χ0v) is 11.3. The number of nitrogens with zero attached hydrogens (tertiary/aromatic N) is 2. The van der Waals surface area contributed by atoms with E-state index in [1.165, 1.54) is 0 Å². The van der Waals surface area contributed by atoms with Gasteiger partial charge in [-0.15, -0.1) is 0 Å². The third-order valence-corrected chi connectivity index (χ3v) is 3.41. The molecule has 2 heterocycles. The van der Waals surface area contributed by atoms with E-state index in [0.717, 1.165) is 31.6 Å². The monoisotopic (exact) mass is 264 g/mol. The average molecular weight is 264 g/mol. The highest BCUT2D eigenvalue weighted by Crippen LogP contribution is 2.17. The number of pyridine rings is 1. The smallest absolute Gasteiger partial charge is 0.254 e. The number of anilines is 1. The van der Waals surface area contributed by atoms with Crippen molar-refractivity contribution in [2.24, 2.45) is 5.84 Å². The molecule has 6 nitrogen and oxygen atoms in total. The first-order valence-corrected chi connectivity index (χ1v) is 6.41. The van der Waals surface area contributed by atoms with Gasteiger partial charge in [0.05, 0.1) is 6.10 Å². The number of nitrogen functional groups attached to an aromatic ring is 1. The lowest BCUT2D eigenvalue weighted by Gasteiger charge is -2.31. The fourth-order valence-corrected chi connectivity index (χ4v) is 2.34. The molecule has 2 rings (SSSR count). The molecule has 0 radical (unpaired) electrons. The number of nitrogens with two attached hydrogens (primary N) is 1. The van der Waals surface area contributed by atoms with Gasteiger partial charge in [-0.05, 0) is 31.9 Å². The van der Waals surface area contributed by atoms with Crippen LogP contribution < -0.4 is 11.3 Å². The maximum atomic E-state index is 12.4. The van der Waals surface area contributed by atoms with Gasteiger partial charge in [-0.3, -0.25) is 4.79 Å². The standard InChI is InChI=1S/C13H20N4O2/c1-9-7-10(8-12(15-9)16-14)13(18)17-5-3-11(19-2)4-6-17/h7-8,11H,3-6,14H2,1-2H3,(H,15,16).